The monoisotopic (exact) mass is 287 g/mol. The van der Waals surface area contributed by atoms with E-state index in [1.54, 1.807) is 17.1 Å². The van der Waals surface area contributed by atoms with E-state index in [1.807, 2.05) is 12.4 Å². The topological polar surface area (TPSA) is 80.2 Å². The Morgan fingerprint density at radius 2 is 2.14 bits per heavy atom. The fourth-order valence-electron chi connectivity index (χ4n) is 3.03. The minimum atomic E-state index is -0.452. The molecule has 112 valence electrons. The predicted molar refractivity (Wildman–Crippen MR) is 80.4 cm³/mol. The average Bonchev–Trinajstić information content (AvgIpc) is 3.09. The van der Waals surface area contributed by atoms with Gasteiger partial charge in [0.15, 0.2) is 0 Å². The smallest absolute Gasteiger partial charge is 0.0862 e. The normalized spacial score (nSPS) is 20.7. The Labute approximate surface area is 124 Å². The van der Waals surface area contributed by atoms with E-state index in [0.717, 1.165) is 19.4 Å². The first-order valence-electron chi connectivity index (χ1n) is 7.32. The molecule has 0 saturated carbocycles. The minimum absolute atomic E-state index is 0.380. The molecular formula is C15H21N5O. The molecule has 2 aromatic rings. The molecule has 1 fully saturated rings. The third-order valence-electron chi connectivity index (χ3n) is 3.95. The molecule has 3 N–H and O–H groups in total. The number of likely N-dealkylation sites (tertiary alicyclic amines) is 1. The quantitative estimate of drug-likeness (QED) is 0.859. The maximum absolute atomic E-state index is 10.3. The highest BCUT2D eigenvalue weighted by atomic mass is 16.3. The van der Waals surface area contributed by atoms with Gasteiger partial charge in [-0.2, -0.15) is 5.10 Å². The summed E-state index contributed by atoms with van der Waals surface area (Å²) < 4.78 is 1.69. The summed E-state index contributed by atoms with van der Waals surface area (Å²) in [5.41, 5.74) is 7.53. The number of aliphatic hydroxyl groups excluding tert-OH is 1. The van der Waals surface area contributed by atoms with Crippen molar-refractivity contribution in [3.05, 3.63) is 42.5 Å². The van der Waals surface area contributed by atoms with Crippen LogP contribution in [0.15, 0.2) is 36.9 Å². The van der Waals surface area contributed by atoms with Crippen LogP contribution >= 0.6 is 0 Å². The molecule has 1 saturated heterocycles. The van der Waals surface area contributed by atoms with Gasteiger partial charge in [-0.1, -0.05) is 0 Å². The van der Waals surface area contributed by atoms with Crippen molar-refractivity contribution in [1.82, 2.24) is 19.7 Å². The average molecular weight is 287 g/mol. The van der Waals surface area contributed by atoms with Crippen molar-refractivity contribution in [3.8, 4) is 0 Å². The molecule has 0 bridgehead atoms. The van der Waals surface area contributed by atoms with Crippen LogP contribution in [0.3, 0.4) is 0 Å². The van der Waals surface area contributed by atoms with Gasteiger partial charge in [-0.25, -0.2) is 0 Å². The van der Waals surface area contributed by atoms with Gasteiger partial charge in [0, 0.05) is 31.2 Å². The summed E-state index contributed by atoms with van der Waals surface area (Å²) in [6, 6.07) is 4.50. The first-order valence-corrected chi connectivity index (χ1v) is 7.32. The van der Waals surface area contributed by atoms with Crippen molar-refractivity contribution in [2.45, 2.75) is 31.5 Å². The number of hydrogen-bond donors (Lipinski definition) is 2. The molecule has 6 heteroatoms. The van der Waals surface area contributed by atoms with E-state index in [4.69, 9.17) is 5.73 Å². The van der Waals surface area contributed by atoms with Crippen LogP contribution in [0.5, 0.6) is 0 Å². The second-order valence-electron chi connectivity index (χ2n) is 5.58. The van der Waals surface area contributed by atoms with Gasteiger partial charge in [-0.3, -0.25) is 14.6 Å². The molecule has 0 amide bonds. The zero-order valence-corrected chi connectivity index (χ0v) is 12.0. The summed E-state index contributed by atoms with van der Waals surface area (Å²) in [5.74, 6) is 0. The molecule has 0 radical (unpaired) electrons. The first kappa shape index (κ1) is 14.0. The highest BCUT2D eigenvalue weighted by Gasteiger charge is 2.27. The van der Waals surface area contributed by atoms with Crippen LogP contribution in [-0.2, 0) is 6.54 Å². The number of hydrogen-bond acceptors (Lipinski definition) is 5. The third kappa shape index (κ3) is 3.40. The summed E-state index contributed by atoms with van der Waals surface area (Å²) in [6.45, 7) is 2.13. The molecule has 21 heavy (non-hydrogen) atoms. The van der Waals surface area contributed by atoms with Crippen LogP contribution in [0.1, 0.15) is 24.4 Å². The van der Waals surface area contributed by atoms with E-state index < -0.39 is 6.10 Å². The van der Waals surface area contributed by atoms with Gasteiger partial charge in [-0.15, -0.1) is 0 Å². The molecule has 3 rings (SSSR count). The Morgan fingerprint density at radius 3 is 2.86 bits per heavy atom. The molecular weight excluding hydrogens is 266 g/mol. The van der Waals surface area contributed by atoms with Gasteiger partial charge < -0.3 is 10.8 Å². The lowest BCUT2D eigenvalue weighted by molar-refractivity contribution is 0.0891. The molecule has 2 aromatic heterocycles. The van der Waals surface area contributed by atoms with Gasteiger partial charge in [0.2, 0.25) is 0 Å². The predicted octanol–water partition coefficient (Wildman–Crippen LogP) is 1.06. The van der Waals surface area contributed by atoms with E-state index in [2.05, 4.69) is 27.1 Å². The Kier molecular flexibility index (Phi) is 4.17. The number of pyridine rings is 1. The van der Waals surface area contributed by atoms with Crippen LogP contribution in [0.4, 0.5) is 5.69 Å². The number of aromatic nitrogens is 3. The highest BCUT2D eigenvalue weighted by Crippen LogP contribution is 2.31. The minimum Gasteiger partial charge on any atom is -0.396 e. The lowest BCUT2D eigenvalue weighted by Gasteiger charge is -2.27. The number of nitrogens with zero attached hydrogens (tertiary/aromatic N) is 4. The standard InChI is InChI=1S/C15H21N5O/c16-13-8-18-20(9-13)11-14(21)10-19-7-1-2-15(19)12-3-5-17-6-4-12/h3-6,8-9,14-15,21H,1-2,7,10-11,16H2. The van der Waals surface area contributed by atoms with E-state index in [1.165, 1.54) is 5.56 Å². The van der Waals surface area contributed by atoms with Gasteiger partial charge in [0.1, 0.15) is 0 Å². The fraction of sp³-hybridized carbons (Fsp3) is 0.467. The number of rotatable bonds is 5. The fourth-order valence-corrected chi connectivity index (χ4v) is 3.03. The Hall–Kier alpha value is -1.92. The molecule has 0 aromatic carbocycles. The number of nitrogens with two attached hydrogens (primary N) is 1. The van der Waals surface area contributed by atoms with Crippen LogP contribution in [-0.4, -0.2) is 44.0 Å². The first-order chi connectivity index (χ1) is 10.2. The maximum Gasteiger partial charge on any atom is 0.0862 e. The molecule has 0 spiro atoms. The Bertz CT molecular complexity index is 570. The van der Waals surface area contributed by atoms with Gasteiger partial charge >= 0.3 is 0 Å². The largest absolute Gasteiger partial charge is 0.396 e. The molecule has 1 aliphatic heterocycles. The van der Waals surface area contributed by atoms with Crippen molar-refractivity contribution in [1.29, 1.82) is 0 Å². The molecule has 0 aliphatic carbocycles. The molecule has 6 nitrogen and oxygen atoms in total. The number of nitrogen functional groups attached to an aromatic ring is 1. The van der Waals surface area contributed by atoms with Gasteiger partial charge in [0.05, 0.1) is 24.5 Å². The SMILES string of the molecule is Nc1cnn(CC(O)CN2CCCC2c2ccncc2)c1. The molecule has 3 heterocycles. The second-order valence-corrected chi connectivity index (χ2v) is 5.58. The molecule has 2 unspecified atom stereocenters. The van der Waals surface area contributed by atoms with Crippen LogP contribution in [0, 0.1) is 0 Å². The van der Waals surface area contributed by atoms with Crippen molar-refractivity contribution in [3.63, 3.8) is 0 Å². The molecule has 2 atom stereocenters. The molecule has 1 aliphatic rings. The lowest BCUT2D eigenvalue weighted by Crippen LogP contribution is -2.34. The van der Waals surface area contributed by atoms with Crippen molar-refractivity contribution in [2.75, 3.05) is 18.8 Å². The summed E-state index contributed by atoms with van der Waals surface area (Å²) >= 11 is 0. The zero-order valence-electron chi connectivity index (χ0n) is 12.0. The van der Waals surface area contributed by atoms with Crippen LogP contribution in [0.2, 0.25) is 0 Å². The van der Waals surface area contributed by atoms with Gasteiger partial charge in [0.25, 0.3) is 0 Å². The highest BCUT2D eigenvalue weighted by molar-refractivity contribution is 5.30. The summed E-state index contributed by atoms with van der Waals surface area (Å²) in [4.78, 5) is 6.41. The second kappa shape index (κ2) is 6.24. The van der Waals surface area contributed by atoms with Crippen molar-refractivity contribution < 1.29 is 5.11 Å². The Morgan fingerprint density at radius 1 is 1.33 bits per heavy atom. The number of β-amino-alcohol motifs (C(OH)–C–C–N with tert-alkyl or cyclic N) is 1. The zero-order chi connectivity index (χ0) is 14.7. The van der Waals surface area contributed by atoms with E-state index in [0.29, 0.717) is 24.8 Å². The summed E-state index contributed by atoms with van der Waals surface area (Å²) in [6.07, 6.45) is 8.84. The van der Waals surface area contributed by atoms with E-state index in [-0.39, 0.29) is 0 Å². The summed E-state index contributed by atoms with van der Waals surface area (Å²) in [5, 5.41) is 14.4. The van der Waals surface area contributed by atoms with E-state index >= 15 is 0 Å². The number of anilines is 1. The van der Waals surface area contributed by atoms with Crippen molar-refractivity contribution >= 4 is 5.69 Å². The lowest BCUT2D eigenvalue weighted by atomic mass is 10.1. The van der Waals surface area contributed by atoms with Crippen molar-refractivity contribution in [2.24, 2.45) is 0 Å². The van der Waals surface area contributed by atoms with Gasteiger partial charge in [-0.05, 0) is 37.1 Å². The third-order valence-corrected chi connectivity index (χ3v) is 3.95. The van der Waals surface area contributed by atoms with E-state index in [9.17, 15) is 5.11 Å². The Balaban J connectivity index is 1.61. The van der Waals surface area contributed by atoms with Crippen LogP contribution in [0.25, 0.3) is 0 Å². The maximum atomic E-state index is 10.3. The summed E-state index contributed by atoms with van der Waals surface area (Å²) in [7, 11) is 0. The number of aliphatic hydroxyl groups is 1. The van der Waals surface area contributed by atoms with Crippen LogP contribution < -0.4 is 5.73 Å².